The van der Waals surface area contributed by atoms with Crippen LogP contribution in [0.15, 0.2) is 27.1 Å². The third-order valence-corrected chi connectivity index (χ3v) is 3.29. The standard InChI is InChI=1S/C13H16BrNO/c1-3-4-11(15)12-7-9-5-8(2)6-10(14)13(9)16-12/h5-7,11H,3-4,15H2,1-2H3/t11-/m0/s1. The number of nitrogens with two attached hydrogens (primary N) is 1. The van der Waals surface area contributed by atoms with Gasteiger partial charge in [-0.1, -0.05) is 13.3 Å². The zero-order valence-electron chi connectivity index (χ0n) is 9.59. The molecule has 3 heteroatoms. The van der Waals surface area contributed by atoms with Crippen LogP contribution in [0.25, 0.3) is 11.0 Å². The second-order valence-corrected chi connectivity index (χ2v) is 5.06. The van der Waals surface area contributed by atoms with Crippen LogP contribution in [0.4, 0.5) is 0 Å². The number of benzene rings is 1. The summed E-state index contributed by atoms with van der Waals surface area (Å²) in [4.78, 5) is 0. The van der Waals surface area contributed by atoms with Crippen LogP contribution in [0.1, 0.15) is 37.1 Å². The molecule has 16 heavy (non-hydrogen) atoms. The Kier molecular flexibility index (Phi) is 3.36. The van der Waals surface area contributed by atoms with E-state index in [1.165, 1.54) is 5.56 Å². The zero-order chi connectivity index (χ0) is 11.7. The highest BCUT2D eigenvalue weighted by atomic mass is 79.9. The Morgan fingerprint density at radius 3 is 2.81 bits per heavy atom. The lowest BCUT2D eigenvalue weighted by atomic mass is 10.1. The van der Waals surface area contributed by atoms with E-state index in [9.17, 15) is 0 Å². The minimum Gasteiger partial charge on any atom is -0.458 e. The van der Waals surface area contributed by atoms with E-state index in [1.54, 1.807) is 0 Å². The second-order valence-electron chi connectivity index (χ2n) is 4.21. The molecule has 1 aromatic heterocycles. The molecule has 0 fully saturated rings. The Hall–Kier alpha value is -0.800. The van der Waals surface area contributed by atoms with Gasteiger partial charge in [-0.3, -0.25) is 0 Å². The average molecular weight is 282 g/mol. The van der Waals surface area contributed by atoms with Gasteiger partial charge < -0.3 is 10.2 Å². The van der Waals surface area contributed by atoms with E-state index in [2.05, 4.69) is 41.9 Å². The van der Waals surface area contributed by atoms with Gasteiger partial charge in [0.05, 0.1) is 10.5 Å². The monoisotopic (exact) mass is 281 g/mol. The van der Waals surface area contributed by atoms with Crippen LogP contribution in [0.2, 0.25) is 0 Å². The lowest BCUT2D eigenvalue weighted by molar-refractivity contribution is 0.474. The maximum absolute atomic E-state index is 6.05. The van der Waals surface area contributed by atoms with Crippen LogP contribution in [0.3, 0.4) is 0 Å². The quantitative estimate of drug-likeness (QED) is 0.911. The minimum absolute atomic E-state index is 0.00426. The molecule has 1 heterocycles. The normalized spacial score (nSPS) is 13.2. The number of furan rings is 1. The molecule has 0 saturated carbocycles. The van der Waals surface area contributed by atoms with Gasteiger partial charge >= 0.3 is 0 Å². The average Bonchev–Trinajstić information content (AvgIpc) is 2.62. The number of hydrogen-bond donors (Lipinski definition) is 1. The van der Waals surface area contributed by atoms with Crippen molar-refractivity contribution in [3.8, 4) is 0 Å². The van der Waals surface area contributed by atoms with E-state index in [-0.39, 0.29) is 6.04 Å². The van der Waals surface area contributed by atoms with Crippen LogP contribution in [-0.4, -0.2) is 0 Å². The van der Waals surface area contributed by atoms with Crippen molar-refractivity contribution in [3.05, 3.63) is 34.0 Å². The highest BCUT2D eigenvalue weighted by Gasteiger charge is 2.13. The van der Waals surface area contributed by atoms with Crippen molar-refractivity contribution in [2.24, 2.45) is 5.73 Å². The Balaban J connectivity index is 2.47. The van der Waals surface area contributed by atoms with Crippen molar-refractivity contribution in [2.45, 2.75) is 32.7 Å². The first-order valence-corrected chi connectivity index (χ1v) is 6.36. The molecule has 2 rings (SSSR count). The first-order chi connectivity index (χ1) is 7.61. The van der Waals surface area contributed by atoms with E-state index >= 15 is 0 Å². The molecule has 0 bridgehead atoms. The summed E-state index contributed by atoms with van der Waals surface area (Å²) in [5.41, 5.74) is 8.16. The lowest BCUT2D eigenvalue weighted by Crippen LogP contribution is -2.08. The molecule has 2 aromatic rings. The summed E-state index contributed by atoms with van der Waals surface area (Å²) in [6.45, 7) is 4.20. The molecular formula is C13H16BrNO. The smallest absolute Gasteiger partial charge is 0.148 e. The molecule has 1 atom stereocenters. The third kappa shape index (κ3) is 2.15. The Bertz CT molecular complexity index is 504. The van der Waals surface area contributed by atoms with Crippen LogP contribution < -0.4 is 5.73 Å². The summed E-state index contributed by atoms with van der Waals surface area (Å²) in [5, 5.41) is 1.12. The molecule has 0 aliphatic carbocycles. The fourth-order valence-electron chi connectivity index (χ4n) is 1.91. The van der Waals surface area contributed by atoms with E-state index in [0.29, 0.717) is 0 Å². The van der Waals surface area contributed by atoms with Crippen molar-refractivity contribution in [1.29, 1.82) is 0 Å². The molecule has 0 aliphatic heterocycles. The summed E-state index contributed by atoms with van der Waals surface area (Å²) in [6, 6.07) is 6.23. The fraction of sp³-hybridized carbons (Fsp3) is 0.385. The molecule has 2 nitrogen and oxygen atoms in total. The van der Waals surface area contributed by atoms with Gasteiger partial charge in [-0.05, 0) is 53.0 Å². The number of halogens is 1. The molecule has 2 N–H and O–H groups in total. The highest BCUT2D eigenvalue weighted by molar-refractivity contribution is 9.10. The third-order valence-electron chi connectivity index (χ3n) is 2.70. The van der Waals surface area contributed by atoms with Gasteiger partial charge in [0.15, 0.2) is 0 Å². The second kappa shape index (κ2) is 4.60. The minimum atomic E-state index is 0.00426. The van der Waals surface area contributed by atoms with Crippen LogP contribution in [0.5, 0.6) is 0 Å². The molecule has 1 aromatic carbocycles. The van der Waals surface area contributed by atoms with Crippen molar-refractivity contribution in [1.82, 2.24) is 0 Å². The van der Waals surface area contributed by atoms with Gasteiger partial charge in [-0.25, -0.2) is 0 Å². The van der Waals surface area contributed by atoms with Crippen molar-refractivity contribution in [3.63, 3.8) is 0 Å². The Morgan fingerprint density at radius 2 is 2.12 bits per heavy atom. The lowest BCUT2D eigenvalue weighted by Gasteiger charge is -2.05. The largest absolute Gasteiger partial charge is 0.458 e. The molecule has 0 unspecified atom stereocenters. The maximum Gasteiger partial charge on any atom is 0.148 e. The molecule has 0 radical (unpaired) electrons. The number of aryl methyl sites for hydroxylation is 1. The summed E-state index contributed by atoms with van der Waals surface area (Å²) < 4.78 is 6.79. The SMILES string of the molecule is CCC[C@H](N)c1cc2cc(C)cc(Br)c2o1. The van der Waals surface area contributed by atoms with Gasteiger partial charge in [0, 0.05) is 5.39 Å². The number of fused-ring (bicyclic) bond motifs is 1. The van der Waals surface area contributed by atoms with Crippen LogP contribution >= 0.6 is 15.9 Å². The van der Waals surface area contributed by atoms with Crippen molar-refractivity contribution >= 4 is 26.9 Å². The number of rotatable bonds is 3. The number of hydrogen-bond acceptors (Lipinski definition) is 2. The maximum atomic E-state index is 6.05. The topological polar surface area (TPSA) is 39.2 Å². The molecule has 0 spiro atoms. The first-order valence-electron chi connectivity index (χ1n) is 5.57. The summed E-state index contributed by atoms with van der Waals surface area (Å²) in [5.74, 6) is 0.878. The predicted molar refractivity (Wildman–Crippen MR) is 70.5 cm³/mol. The van der Waals surface area contributed by atoms with Gasteiger partial charge in [0.1, 0.15) is 11.3 Å². The van der Waals surface area contributed by atoms with Crippen LogP contribution in [0, 0.1) is 6.92 Å². The molecular weight excluding hydrogens is 266 g/mol. The Labute approximate surface area is 104 Å². The molecule has 0 aliphatic rings. The van der Waals surface area contributed by atoms with Gasteiger partial charge in [0.25, 0.3) is 0 Å². The molecule has 0 amide bonds. The van der Waals surface area contributed by atoms with Gasteiger partial charge in [-0.2, -0.15) is 0 Å². The fourth-order valence-corrected chi connectivity index (χ4v) is 2.58. The summed E-state index contributed by atoms with van der Waals surface area (Å²) in [7, 11) is 0. The van der Waals surface area contributed by atoms with Crippen molar-refractivity contribution in [2.75, 3.05) is 0 Å². The predicted octanol–water partition coefficient (Wildman–Crippen LogP) is 4.30. The van der Waals surface area contributed by atoms with E-state index in [0.717, 1.165) is 34.0 Å². The van der Waals surface area contributed by atoms with Crippen molar-refractivity contribution < 1.29 is 4.42 Å². The Morgan fingerprint density at radius 1 is 1.38 bits per heavy atom. The molecule has 0 saturated heterocycles. The first kappa shape index (κ1) is 11.7. The van der Waals surface area contributed by atoms with Gasteiger partial charge in [0.2, 0.25) is 0 Å². The zero-order valence-corrected chi connectivity index (χ0v) is 11.2. The van der Waals surface area contributed by atoms with Gasteiger partial charge in [-0.15, -0.1) is 0 Å². The van der Waals surface area contributed by atoms with E-state index in [1.807, 2.05) is 6.07 Å². The molecule has 86 valence electrons. The van der Waals surface area contributed by atoms with E-state index in [4.69, 9.17) is 10.2 Å². The van der Waals surface area contributed by atoms with E-state index < -0.39 is 0 Å². The summed E-state index contributed by atoms with van der Waals surface area (Å²) in [6.07, 6.45) is 2.02. The highest BCUT2D eigenvalue weighted by Crippen LogP contribution is 2.31. The van der Waals surface area contributed by atoms with Crippen LogP contribution in [-0.2, 0) is 0 Å². The summed E-state index contributed by atoms with van der Waals surface area (Å²) >= 11 is 3.51.